The first-order chi connectivity index (χ1) is 13.5. The molecule has 3 rings (SSSR count). The molecule has 1 unspecified atom stereocenters. The molecule has 0 saturated heterocycles. The molecule has 0 aliphatic carbocycles. The first-order valence-corrected chi connectivity index (χ1v) is 9.53. The lowest BCUT2D eigenvalue weighted by atomic mass is 9.95. The molecule has 1 aliphatic rings. The van der Waals surface area contributed by atoms with Crippen LogP contribution in [0.4, 0.5) is 4.79 Å². The first-order valence-electron chi connectivity index (χ1n) is 9.15. The predicted octanol–water partition coefficient (Wildman–Crippen LogP) is 4.36. The Kier molecular flexibility index (Phi) is 6.37. The molecule has 0 spiro atoms. The highest BCUT2D eigenvalue weighted by Crippen LogP contribution is 2.24. The van der Waals surface area contributed by atoms with Crippen molar-refractivity contribution in [1.82, 2.24) is 10.2 Å². The van der Waals surface area contributed by atoms with Crippen molar-refractivity contribution in [1.29, 1.82) is 0 Å². The smallest absolute Gasteiger partial charge is 0.409 e. The summed E-state index contributed by atoms with van der Waals surface area (Å²) in [5.74, 6) is -0.170. The van der Waals surface area contributed by atoms with E-state index in [0.717, 1.165) is 23.1 Å². The van der Waals surface area contributed by atoms with Gasteiger partial charge in [-0.2, -0.15) is 0 Å². The summed E-state index contributed by atoms with van der Waals surface area (Å²) in [6.45, 7) is 3.12. The van der Waals surface area contributed by atoms with Gasteiger partial charge in [-0.1, -0.05) is 41.9 Å². The van der Waals surface area contributed by atoms with Crippen LogP contribution < -0.4 is 5.32 Å². The Balaban J connectivity index is 1.64. The summed E-state index contributed by atoms with van der Waals surface area (Å²) in [5.41, 5.74) is 4.22. The lowest BCUT2D eigenvalue weighted by Gasteiger charge is -2.28. The molecule has 6 heteroatoms. The fraction of sp³-hybridized carbons (Fsp3) is 0.273. The number of methoxy groups -OCH3 is 1. The molecule has 0 bridgehead atoms. The Morgan fingerprint density at radius 2 is 1.93 bits per heavy atom. The molecule has 1 heterocycles. The minimum absolute atomic E-state index is 0.152. The molecule has 28 heavy (non-hydrogen) atoms. The number of benzene rings is 2. The van der Waals surface area contributed by atoms with Gasteiger partial charge >= 0.3 is 6.09 Å². The van der Waals surface area contributed by atoms with Crippen molar-refractivity contribution in [3.8, 4) is 0 Å². The van der Waals surface area contributed by atoms with E-state index in [2.05, 4.69) is 17.4 Å². The van der Waals surface area contributed by atoms with Crippen molar-refractivity contribution in [2.75, 3.05) is 13.7 Å². The van der Waals surface area contributed by atoms with Gasteiger partial charge in [0.15, 0.2) is 0 Å². The minimum Gasteiger partial charge on any atom is -0.453 e. The van der Waals surface area contributed by atoms with Crippen molar-refractivity contribution in [3.63, 3.8) is 0 Å². The molecule has 2 aromatic carbocycles. The summed E-state index contributed by atoms with van der Waals surface area (Å²) in [6.07, 6.45) is 3.75. The second kappa shape index (κ2) is 8.93. The standard InChI is InChI=1S/C22H23ClN2O3/c1-15(24-21(26)10-5-16-3-8-20(23)9-4-16)18-7-6-17-11-12-25(22(27)28-2)14-19(17)13-18/h3-10,13,15H,11-12,14H2,1-2H3,(H,24,26)/b10-5+. The van der Waals surface area contributed by atoms with Gasteiger partial charge in [0.05, 0.1) is 13.2 Å². The highest BCUT2D eigenvalue weighted by Gasteiger charge is 2.22. The van der Waals surface area contributed by atoms with Gasteiger partial charge in [0, 0.05) is 24.2 Å². The Bertz CT molecular complexity index is 893. The number of carbonyl (C=O) groups excluding carboxylic acids is 2. The number of nitrogens with zero attached hydrogens (tertiary/aromatic N) is 1. The van der Waals surface area contributed by atoms with E-state index in [9.17, 15) is 9.59 Å². The minimum atomic E-state index is -0.315. The lowest BCUT2D eigenvalue weighted by molar-refractivity contribution is -0.117. The molecule has 2 aromatic rings. The molecule has 1 N–H and O–H groups in total. The summed E-state index contributed by atoms with van der Waals surface area (Å²) in [5, 5.41) is 3.63. The Morgan fingerprint density at radius 3 is 2.64 bits per heavy atom. The van der Waals surface area contributed by atoms with Crippen LogP contribution in [-0.4, -0.2) is 30.6 Å². The van der Waals surface area contributed by atoms with Gasteiger partial charge in [-0.25, -0.2) is 4.79 Å². The highest BCUT2D eigenvalue weighted by molar-refractivity contribution is 6.30. The Hall–Kier alpha value is -2.79. The van der Waals surface area contributed by atoms with E-state index in [-0.39, 0.29) is 18.0 Å². The average Bonchev–Trinajstić information content (AvgIpc) is 2.71. The number of ether oxygens (including phenoxy) is 1. The number of hydrogen-bond acceptors (Lipinski definition) is 3. The van der Waals surface area contributed by atoms with E-state index in [0.29, 0.717) is 18.1 Å². The fourth-order valence-electron chi connectivity index (χ4n) is 3.22. The maximum atomic E-state index is 12.2. The molecule has 0 saturated carbocycles. The van der Waals surface area contributed by atoms with Crippen molar-refractivity contribution in [2.45, 2.75) is 25.9 Å². The van der Waals surface area contributed by atoms with Crippen LogP contribution >= 0.6 is 11.6 Å². The second-order valence-corrected chi connectivity index (χ2v) is 7.22. The lowest BCUT2D eigenvalue weighted by Crippen LogP contribution is -2.36. The van der Waals surface area contributed by atoms with Gasteiger partial charge in [0.1, 0.15) is 0 Å². The highest BCUT2D eigenvalue weighted by atomic mass is 35.5. The molecule has 0 aromatic heterocycles. The number of carbonyl (C=O) groups is 2. The van der Waals surface area contributed by atoms with Gasteiger partial charge < -0.3 is 15.0 Å². The molecular formula is C22H23ClN2O3. The number of hydrogen-bond donors (Lipinski definition) is 1. The molecule has 2 amide bonds. The molecule has 0 fully saturated rings. The summed E-state index contributed by atoms with van der Waals surface area (Å²) in [7, 11) is 1.39. The number of fused-ring (bicyclic) bond motifs is 1. The van der Waals surface area contributed by atoms with E-state index in [1.807, 2.05) is 25.1 Å². The van der Waals surface area contributed by atoms with E-state index in [4.69, 9.17) is 16.3 Å². The van der Waals surface area contributed by atoms with Gasteiger partial charge in [0.2, 0.25) is 5.91 Å². The average molecular weight is 399 g/mol. The number of rotatable bonds is 4. The number of halogens is 1. The van der Waals surface area contributed by atoms with Crippen LogP contribution in [0.5, 0.6) is 0 Å². The van der Waals surface area contributed by atoms with E-state index in [1.165, 1.54) is 18.7 Å². The summed E-state index contributed by atoms with van der Waals surface area (Å²) in [4.78, 5) is 25.7. The molecule has 5 nitrogen and oxygen atoms in total. The maximum absolute atomic E-state index is 12.2. The third-order valence-electron chi connectivity index (χ3n) is 4.83. The van der Waals surface area contributed by atoms with Crippen molar-refractivity contribution < 1.29 is 14.3 Å². The van der Waals surface area contributed by atoms with Gasteiger partial charge in [0.25, 0.3) is 0 Å². The normalized spacial score (nSPS) is 14.5. The molecule has 1 aliphatic heterocycles. The number of nitrogens with one attached hydrogen (secondary N) is 1. The Labute approximate surface area is 169 Å². The summed E-state index contributed by atoms with van der Waals surface area (Å²) < 4.78 is 4.82. The van der Waals surface area contributed by atoms with Crippen LogP contribution in [0.15, 0.2) is 48.5 Å². The molecule has 146 valence electrons. The largest absolute Gasteiger partial charge is 0.453 e. The Morgan fingerprint density at radius 1 is 1.18 bits per heavy atom. The molecule has 0 radical (unpaired) electrons. The fourth-order valence-corrected chi connectivity index (χ4v) is 3.35. The molecule has 1 atom stereocenters. The van der Waals surface area contributed by atoms with Crippen LogP contribution in [0.2, 0.25) is 5.02 Å². The van der Waals surface area contributed by atoms with Crippen LogP contribution in [0.1, 0.15) is 35.2 Å². The van der Waals surface area contributed by atoms with Crippen LogP contribution in [-0.2, 0) is 22.5 Å². The van der Waals surface area contributed by atoms with Crippen molar-refractivity contribution in [2.24, 2.45) is 0 Å². The third-order valence-corrected chi connectivity index (χ3v) is 5.08. The van der Waals surface area contributed by atoms with Crippen LogP contribution in [0.3, 0.4) is 0 Å². The van der Waals surface area contributed by atoms with E-state index in [1.54, 1.807) is 23.1 Å². The quantitative estimate of drug-likeness (QED) is 0.778. The van der Waals surface area contributed by atoms with Crippen molar-refractivity contribution in [3.05, 3.63) is 75.8 Å². The SMILES string of the molecule is COC(=O)N1CCc2ccc(C(C)NC(=O)/C=C/c3ccc(Cl)cc3)cc2C1. The van der Waals surface area contributed by atoms with Crippen LogP contribution in [0, 0.1) is 0 Å². The van der Waals surface area contributed by atoms with Gasteiger partial charge in [-0.15, -0.1) is 0 Å². The van der Waals surface area contributed by atoms with Gasteiger partial charge in [-0.3, -0.25) is 4.79 Å². The monoisotopic (exact) mass is 398 g/mol. The third kappa shape index (κ3) is 4.93. The van der Waals surface area contributed by atoms with E-state index >= 15 is 0 Å². The van der Waals surface area contributed by atoms with Crippen LogP contribution in [0.25, 0.3) is 6.08 Å². The molecular weight excluding hydrogens is 376 g/mol. The maximum Gasteiger partial charge on any atom is 0.409 e. The zero-order valence-electron chi connectivity index (χ0n) is 15.9. The first kappa shape index (κ1) is 20.0. The topological polar surface area (TPSA) is 58.6 Å². The zero-order chi connectivity index (χ0) is 20.1. The predicted molar refractivity (Wildman–Crippen MR) is 110 cm³/mol. The van der Waals surface area contributed by atoms with Crippen molar-refractivity contribution >= 4 is 29.7 Å². The number of amides is 2. The van der Waals surface area contributed by atoms with Gasteiger partial charge in [-0.05, 0) is 53.8 Å². The summed E-state index contributed by atoms with van der Waals surface area (Å²) >= 11 is 5.86. The second-order valence-electron chi connectivity index (χ2n) is 6.78. The zero-order valence-corrected chi connectivity index (χ0v) is 16.7. The summed E-state index contributed by atoms with van der Waals surface area (Å²) in [6, 6.07) is 13.3. The van der Waals surface area contributed by atoms with E-state index < -0.39 is 0 Å².